The topological polar surface area (TPSA) is 94.1 Å². The Bertz CT molecular complexity index is 756. The molecule has 0 radical (unpaired) electrons. The molecule has 0 fully saturated rings. The molecule has 2 rings (SSSR count). The number of rotatable bonds is 6. The number of hydrogen-bond acceptors (Lipinski definition) is 5. The van der Waals surface area contributed by atoms with Crippen LogP contribution in [-0.2, 0) is 20.1 Å². The molecule has 21 heavy (non-hydrogen) atoms. The van der Waals surface area contributed by atoms with Gasteiger partial charge in [0, 0.05) is 33.3 Å². The lowest BCUT2D eigenvalue weighted by Crippen LogP contribution is -2.39. The molecule has 0 bridgehead atoms. The zero-order chi connectivity index (χ0) is 15.6. The monoisotopic (exact) mass is 295 g/mol. The molecule has 2 aromatic rings. The van der Waals surface area contributed by atoms with Gasteiger partial charge in [-0.15, -0.1) is 0 Å². The summed E-state index contributed by atoms with van der Waals surface area (Å²) in [4.78, 5) is 29.0. The van der Waals surface area contributed by atoms with Crippen molar-refractivity contribution in [2.45, 2.75) is 33.4 Å². The molecule has 0 aromatic carbocycles. The third-order valence-corrected chi connectivity index (χ3v) is 3.48. The average molecular weight is 295 g/mol. The van der Waals surface area contributed by atoms with Gasteiger partial charge in [-0.25, -0.2) is 4.79 Å². The summed E-state index contributed by atoms with van der Waals surface area (Å²) < 4.78 is 4.36. The molecule has 116 valence electrons. The fourth-order valence-electron chi connectivity index (χ4n) is 2.37. The Morgan fingerprint density at radius 1 is 1.19 bits per heavy atom. The largest absolute Gasteiger partial charge is 0.396 e. The lowest BCUT2D eigenvalue weighted by molar-refractivity contribution is 0.292. The van der Waals surface area contributed by atoms with Crippen molar-refractivity contribution in [3.63, 3.8) is 0 Å². The molecule has 0 amide bonds. The molecule has 0 aliphatic heterocycles. The van der Waals surface area contributed by atoms with Crippen LogP contribution in [0.5, 0.6) is 0 Å². The Morgan fingerprint density at radius 3 is 2.43 bits per heavy atom. The molecular formula is C13H21N5O3. The van der Waals surface area contributed by atoms with Gasteiger partial charge in [0.05, 0.1) is 0 Å². The number of nitrogens with zero attached hydrogens (tertiary/aromatic N) is 4. The van der Waals surface area contributed by atoms with E-state index in [1.54, 1.807) is 18.5 Å². The summed E-state index contributed by atoms with van der Waals surface area (Å²) in [5, 5.41) is 11.9. The number of nitrogens with one attached hydrogen (secondary N) is 1. The first-order valence-corrected chi connectivity index (χ1v) is 7.11. The van der Waals surface area contributed by atoms with E-state index in [1.807, 2.05) is 6.92 Å². The summed E-state index contributed by atoms with van der Waals surface area (Å²) in [6.45, 7) is 5.20. The highest BCUT2D eigenvalue weighted by molar-refractivity contribution is 5.74. The highest BCUT2D eigenvalue weighted by atomic mass is 16.3. The standard InChI is InChI=1S/C13H21N5O3/c1-4-17-9-10(15-12(17)14-7-6-8-19)16(3)13(21)18(5-2)11(9)20/h19H,4-8H2,1-3H3,(H,14,15). The number of aromatic nitrogens is 4. The minimum absolute atomic E-state index is 0.0838. The molecule has 0 spiro atoms. The first-order valence-electron chi connectivity index (χ1n) is 7.11. The van der Waals surface area contributed by atoms with Gasteiger partial charge in [0.1, 0.15) is 0 Å². The molecule has 0 atom stereocenters. The maximum atomic E-state index is 12.5. The van der Waals surface area contributed by atoms with E-state index in [0.29, 0.717) is 43.2 Å². The summed E-state index contributed by atoms with van der Waals surface area (Å²) in [6, 6.07) is 0. The molecule has 2 N–H and O–H groups in total. The van der Waals surface area contributed by atoms with E-state index in [2.05, 4.69) is 10.3 Å². The van der Waals surface area contributed by atoms with E-state index in [1.165, 1.54) is 9.13 Å². The zero-order valence-corrected chi connectivity index (χ0v) is 12.6. The Balaban J connectivity index is 2.70. The van der Waals surface area contributed by atoms with E-state index in [0.717, 1.165) is 0 Å². The number of fused-ring (bicyclic) bond motifs is 1. The summed E-state index contributed by atoms with van der Waals surface area (Å²) in [6.07, 6.45) is 0.588. The number of aryl methyl sites for hydroxylation is 2. The van der Waals surface area contributed by atoms with Gasteiger partial charge in [0.25, 0.3) is 5.56 Å². The average Bonchev–Trinajstić information content (AvgIpc) is 2.85. The minimum Gasteiger partial charge on any atom is -0.396 e. The Hall–Kier alpha value is -2.09. The van der Waals surface area contributed by atoms with E-state index < -0.39 is 0 Å². The second-order valence-electron chi connectivity index (χ2n) is 4.75. The molecule has 0 saturated carbocycles. The van der Waals surface area contributed by atoms with Crippen LogP contribution in [-0.4, -0.2) is 36.9 Å². The normalized spacial score (nSPS) is 11.2. The van der Waals surface area contributed by atoms with Crippen LogP contribution in [0, 0.1) is 0 Å². The predicted octanol–water partition coefficient (Wildman–Crippen LogP) is -0.269. The van der Waals surface area contributed by atoms with E-state index in [4.69, 9.17) is 5.11 Å². The summed E-state index contributed by atoms with van der Waals surface area (Å²) >= 11 is 0. The first kappa shape index (κ1) is 15.3. The van der Waals surface area contributed by atoms with E-state index in [9.17, 15) is 9.59 Å². The molecule has 0 aliphatic carbocycles. The lowest BCUT2D eigenvalue weighted by atomic mass is 10.4. The molecule has 8 heteroatoms. The van der Waals surface area contributed by atoms with Crippen LogP contribution in [0.15, 0.2) is 9.59 Å². The maximum absolute atomic E-state index is 12.5. The van der Waals surface area contributed by atoms with Crippen LogP contribution in [0.1, 0.15) is 20.3 Å². The van der Waals surface area contributed by atoms with E-state index >= 15 is 0 Å². The number of hydrogen-bond donors (Lipinski definition) is 2. The van der Waals surface area contributed by atoms with Crippen LogP contribution in [0.25, 0.3) is 11.2 Å². The van der Waals surface area contributed by atoms with Crippen molar-refractivity contribution in [3.05, 3.63) is 20.8 Å². The SMILES string of the molecule is CCn1c(=O)c2c(nc(NCCCO)n2CC)n(C)c1=O. The highest BCUT2D eigenvalue weighted by Crippen LogP contribution is 2.15. The lowest BCUT2D eigenvalue weighted by Gasteiger charge is -2.08. The third-order valence-electron chi connectivity index (χ3n) is 3.48. The zero-order valence-electron chi connectivity index (χ0n) is 12.6. The van der Waals surface area contributed by atoms with Gasteiger partial charge in [0.15, 0.2) is 11.2 Å². The quantitative estimate of drug-likeness (QED) is 0.716. The minimum atomic E-state index is -0.363. The molecule has 2 heterocycles. The highest BCUT2D eigenvalue weighted by Gasteiger charge is 2.18. The predicted molar refractivity (Wildman–Crippen MR) is 80.8 cm³/mol. The van der Waals surface area contributed by atoms with Crippen LogP contribution < -0.4 is 16.6 Å². The second kappa shape index (κ2) is 6.13. The Labute approximate surface area is 121 Å². The van der Waals surface area contributed by atoms with Crippen molar-refractivity contribution < 1.29 is 5.11 Å². The van der Waals surface area contributed by atoms with Crippen molar-refractivity contribution >= 4 is 17.1 Å². The summed E-state index contributed by atoms with van der Waals surface area (Å²) in [5.41, 5.74) is 0.119. The maximum Gasteiger partial charge on any atom is 0.332 e. The van der Waals surface area contributed by atoms with Gasteiger partial charge >= 0.3 is 5.69 Å². The number of anilines is 1. The van der Waals surface area contributed by atoms with Crippen molar-refractivity contribution in [1.29, 1.82) is 0 Å². The first-order chi connectivity index (χ1) is 10.1. The van der Waals surface area contributed by atoms with Gasteiger partial charge < -0.3 is 15.0 Å². The molecular weight excluding hydrogens is 274 g/mol. The van der Waals surface area contributed by atoms with Crippen LogP contribution in [0.3, 0.4) is 0 Å². The van der Waals surface area contributed by atoms with Gasteiger partial charge in [0.2, 0.25) is 5.95 Å². The second-order valence-corrected chi connectivity index (χ2v) is 4.75. The molecule has 0 aliphatic rings. The van der Waals surface area contributed by atoms with Crippen molar-refractivity contribution in [2.75, 3.05) is 18.5 Å². The Kier molecular flexibility index (Phi) is 4.46. The van der Waals surface area contributed by atoms with Crippen LogP contribution in [0.2, 0.25) is 0 Å². The van der Waals surface area contributed by atoms with Crippen LogP contribution >= 0.6 is 0 Å². The number of aliphatic hydroxyl groups is 1. The molecule has 2 aromatic heterocycles. The fraction of sp³-hybridized carbons (Fsp3) is 0.615. The van der Waals surface area contributed by atoms with Gasteiger partial charge in [-0.1, -0.05) is 0 Å². The van der Waals surface area contributed by atoms with Crippen molar-refractivity contribution in [1.82, 2.24) is 18.7 Å². The molecule has 0 saturated heterocycles. The molecule has 0 unspecified atom stereocenters. The van der Waals surface area contributed by atoms with Gasteiger partial charge in [-0.2, -0.15) is 4.98 Å². The van der Waals surface area contributed by atoms with Crippen molar-refractivity contribution in [2.24, 2.45) is 7.05 Å². The van der Waals surface area contributed by atoms with Crippen molar-refractivity contribution in [3.8, 4) is 0 Å². The summed E-state index contributed by atoms with van der Waals surface area (Å²) in [5.74, 6) is 0.543. The summed E-state index contributed by atoms with van der Waals surface area (Å²) in [7, 11) is 1.61. The molecule has 8 nitrogen and oxygen atoms in total. The Morgan fingerprint density at radius 2 is 1.86 bits per heavy atom. The van der Waals surface area contributed by atoms with E-state index in [-0.39, 0.29) is 17.9 Å². The van der Waals surface area contributed by atoms with Gasteiger partial charge in [-0.05, 0) is 20.3 Å². The third kappa shape index (κ3) is 2.46. The fourth-order valence-corrected chi connectivity index (χ4v) is 2.37. The number of aliphatic hydroxyl groups excluding tert-OH is 1. The van der Waals surface area contributed by atoms with Gasteiger partial charge in [-0.3, -0.25) is 13.9 Å². The smallest absolute Gasteiger partial charge is 0.332 e. The van der Waals surface area contributed by atoms with Crippen LogP contribution in [0.4, 0.5) is 5.95 Å². The number of imidazole rings is 1.